The van der Waals surface area contributed by atoms with E-state index in [4.69, 9.17) is 16.6 Å². The summed E-state index contributed by atoms with van der Waals surface area (Å²) in [5, 5.41) is 0.719. The molecule has 3 heterocycles. The molecule has 1 aliphatic rings. The number of H-pyrrole nitrogens is 1. The van der Waals surface area contributed by atoms with Crippen molar-refractivity contribution in [3.63, 3.8) is 0 Å². The molecule has 0 saturated carbocycles. The molecule has 2 aromatic carbocycles. The summed E-state index contributed by atoms with van der Waals surface area (Å²) >= 11 is 6.16. The van der Waals surface area contributed by atoms with E-state index < -0.39 is 0 Å². The van der Waals surface area contributed by atoms with Crippen LogP contribution >= 0.6 is 11.6 Å². The Hall–Kier alpha value is -2.95. The second-order valence-corrected chi connectivity index (χ2v) is 9.46. The molecule has 1 N–H and O–H groups in total. The minimum absolute atomic E-state index is 0.719. The van der Waals surface area contributed by atoms with Crippen LogP contribution in [0.15, 0.2) is 54.9 Å². The van der Waals surface area contributed by atoms with Crippen molar-refractivity contribution >= 4 is 11.6 Å². The van der Waals surface area contributed by atoms with E-state index in [9.17, 15) is 0 Å². The fraction of sp³-hybridized carbons (Fsp3) is 0.286. The van der Waals surface area contributed by atoms with Crippen LogP contribution < -0.4 is 0 Å². The van der Waals surface area contributed by atoms with Crippen molar-refractivity contribution in [1.29, 1.82) is 0 Å². The molecule has 5 rings (SSSR count). The van der Waals surface area contributed by atoms with E-state index >= 15 is 0 Å². The molecule has 1 fully saturated rings. The van der Waals surface area contributed by atoms with Gasteiger partial charge in [-0.05, 0) is 93.2 Å². The van der Waals surface area contributed by atoms with Crippen LogP contribution in [0.2, 0.25) is 5.02 Å². The molecule has 5 heteroatoms. The summed E-state index contributed by atoms with van der Waals surface area (Å²) in [5.41, 5.74) is 10.6. The minimum Gasteiger partial charge on any atom is -0.337 e. The third-order valence-corrected chi connectivity index (χ3v) is 6.99. The van der Waals surface area contributed by atoms with E-state index in [1.54, 1.807) is 0 Å². The molecule has 0 bridgehead atoms. The molecule has 0 aliphatic carbocycles. The Morgan fingerprint density at radius 1 is 0.909 bits per heavy atom. The van der Waals surface area contributed by atoms with Gasteiger partial charge in [0.05, 0.1) is 11.4 Å². The molecule has 2 aromatic heterocycles. The lowest BCUT2D eigenvalue weighted by Crippen LogP contribution is -2.20. The molecule has 4 nitrogen and oxygen atoms in total. The highest BCUT2D eigenvalue weighted by molar-refractivity contribution is 6.30. The number of pyridine rings is 1. The maximum Gasteiger partial charge on any atom is 0.139 e. The van der Waals surface area contributed by atoms with Gasteiger partial charge in [0.25, 0.3) is 0 Å². The zero-order valence-corrected chi connectivity index (χ0v) is 20.2. The standard InChI is InChI=1S/C28H29ClN4/c1-18-16-19(2)25(20(3)24(18)17-33-14-4-5-15-33)28-31-26(21-6-8-23(29)9-7-21)27(32-28)22-10-12-30-13-11-22/h6-13,16H,4-5,14-15,17H2,1-3H3,(H,31,32). The first kappa shape index (κ1) is 21.9. The first-order valence-electron chi connectivity index (χ1n) is 11.6. The highest BCUT2D eigenvalue weighted by Crippen LogP contribution is 2.37. The monoisotopic (exact) mass is 456 g/mol. The number of benzene rings is 2. The van der Waals surface area contributed by atoms with E-state index in [0.717, 1.165) is 39.9 Å². The summed E-state index contributed by atoms with van der Waals surface area (Å²) in [6.45, 7) is 10.1. The van der Waals surface area contributed by atoms with Gasteiger partial charge in [-0.3, -0.25) is 9.88 Å². The average molecular weight is 457 g/mol. The molecule has 0 unspecified atom stereocenters. The maximum absolute atomic E-state index is 6.16. The summed E-state index contributed by atoms with van der Waals surface area (Å²) in [6, 6.07) is 14.2. The van der Waals surface area contributed by atoms with Crippen LogP contribution in [0.5, 0.6) is 0 Å². The number of aryl methyl sites for hydroxylation is 2. The number of aromatic amines is 1. The fourth-order valence-corrected chi connectivity index (χ4v) is 5.16. The predicted octanol–water partition coefficient (Wildman–Crippen LogP) is 6.98. The van der Waals surface area contributed by atoms with Crippen molar-refractivity contribution in [3.05, 3.63) is 82.1 Å². The van der Waals surface area contributed by atoms with Gasteiger partial charge in [-0.25, -0.2) is 4.98 Å². The minimum atomic E-state index is 0.719. The van der Waals surface area contributed by atoms with Crippen LogP contribution in [-0.2, 0) is 6.54 Å². The molecular formula is C28H29ClN4. The number of hydrogen-bond acceptors (Lipinski definition) is 3. The zero-order chi connectivity index (χ0) is 22.9. The van der Waals surface area contributed by atoms with E-state index in [0.29, 0.717) is 0 Å². The number of likely N-dealkylation sites (tertiary alicyclic amines) is 1. The van der Waals surface area contributed by atoms with E-state index in [2.05, 4.69) is 41.7 Å². The topological polar surface area (TPSA) is 44.8 Å². The third kappa shape index (κ3) is 4.33. The highest BCUT2D eigenvalue weighted by Gasteiger charge is 2.21. The van der Waals surface area contributed by atoms with Crippen LogP contribution in [0.4, 0.5) is 0 Å². The van der Waals surface area contributed by atoms with Gasteiger partial charge < -0.3 is 4.98 Å². The lowest BCUT2D eigenvalue weighted by Gasteiger charge is -2.21. The Bertz CT molecular complexity index is 1270. The number of nitrogens with one attached hydrogen (secondary N) is 1. The van der Waals surface area contributed by atoms with E-state index in [1.807, 2.05) is 48.8 Å². The first-order chi connectivity index (χ1) is 16.0. The molecule has 4 aromatic rings. The van der Waals surface area contributed by atoms with Crippen molar-refractivity contribution in [3.8, 4) is 33.9 Å². The normalized spacial score (nSPS) is 14.2. The maximum atomic E-state index is 6.16. The summed E-state index contributed by atoms with van der Waals surface area (Å²) in [7, 11) is 0. The number of rotatable bonds is 5. The van der Waals surface area contributed by atoms with Gasteiger partial charge in [0.1, 0.15) is 5.82 Å². The number of nitrogens with zero attached hydrogens (tertiary/aromatic N) is 3. The lowest BCUT2D eigenvalue weighted by atomic mass is 9.92. The van der Waals surface area contributed by atoms with Crippen LogP contribution in [0, 0.1) is 20.8 Å². The second kappa shape index (κ2) is 9.12. The predicted molar refractivity (Wildman–Crippen MR) is 136 cm³/mol. The number of imidazole rings is 1. The highest BCUT2D eigenvalue weighted by atomic mass is 35.5. The van der Waals surface area contributed by atoms with Gasteiger partial charge in [-0.2, -0.15) is 0 Å². The molecule has 33 heavy (non-hydrogen) atoms. The van der Waals surface area contributed by atoms with Crippen molar-refractivity contribution in [1.82, 2.24) is 19.9 Å². The van der Waals surface area contributed by atoms with Crippen molar-refractivity contribution in [2.24, 2.45) is 0 Å². The Morgan fingerprint density at radius 3 is 2.30 bits per heavy atom. The van der Waals surface area contributed by atoms with Gasteiger partial charge in [0, 0.05) is 40.7 Å². The Balaban J connectivity index is 1.66. The Kier molecular flexibility index (Phi) is 6.05. The average Bonchev–Trinajstić information content (AvgIpc) is 3.48. The molecule has 0 atom stereocenters. The van der Waals surface area contributed by atoms with Gasteiger partial charge in [-0.15, -0.1) is 0 Å². The smallest absolute Gasteiger partial charge is 0.139 e. The number of aromatic nitrogens is 3. The SMILES string of the molecule is Cc1cc(C)c(-c2nc(-c3ccc(Cl)cc3)c(-c3ccncc3)[nH]2)c(C)c1CN1CCCC1. The summed E-state index contributed by atoms with van der Waals surface area (Å²) in [6.07, 6.45) is 6.24. The molecule has 1 aliphatic heterocycles. The summed E-state index contributed by atoms with van der Waals surface area (Å²) in [5.74, 6) is 0.907. The number of halogens is 1. The quantitative estimate of drug-likeness (QED) is 0.352. The Labute approximate surface area is 200 Å². The number of hydrogen-bond donors (Lipinski definition) is 1. The van der Waals surface area contributed by atoms with Crippen LogP contribution in [-0.4, -0.2) is 32.9 Å². The van der Waals surface area contributed by atoms with Gasteiger partial charge >= 0.3 is 0 Å². The Morgan fingerprint density at radius 2 is 1.61 bits per heavy atom. The van der Waals surface area contributed by atoms with Crippen molar-refractivity contribution in [2.75, 3.05) is 13.1 Å². The van der Waals surface area contributed by atoms with Gasteiger partial charge in [0.2, 0.25) is 0 Å². The molecule has 0 spiro atoms. The van der Waals surface area contributed by atoms with Crippen LogP contribution in [0.25, 0.3) is 33.9 Å². The van der Waals surface area contributed by atoms with Crippen LogP contribution in [0.1, 0.15) is 35.1 Å². The summed E-state index contributed by atoms with van der Waals surface area (Å²) < 4.78 is 0. The zero-order valence-electron chi connectivity index (χ0n) is 19.5. The van der Waals surface area contributed by atoms with E-state index in [-0.39, 0.29) is 0 Å². The second-order valence-electron chi connectivity index (χ2n) is 9.02. The van der Waals surface area contributed by atoms with Crippen molar-refractivity contribution < 1.29 is 0 Å². The molecule has 168 valence electrons. The third-order valence-electron chi connectivity index (χ3n) is 6.74. The molecule has 1 saturated heterocycles. The largest absolute Gasteiger partial charge is 0.337 e. The van der Waals surface area contributed by atoms with Gasteiger partial charge in [-0.1, -0.05) is 29.8 Å². The first-order valence-corrected chi connectivity index (χ1v) is 12.0. The molecular weight excluding hydrogens is 428 g/mol. The molecule has 0 amide bonds. The summed E-state index contributed by atoms with van der Waals surface area (Å²) in [4.78, 5) is 15.6. The van der Waals surface area contributed by atoms with Gasteiger partial charge in [0.15, 0.2) is 0 Å². The van der Waals surface area contributed by atoms with Crippen molar-refractivity contribution in [2.45, 2.75) is 40.2 Å². The van der Waals surface area contributed by atoms with E-state index in [1.165, 1.54) is 53.7 Å². The fourth-order valence-electron chi connectivity index (χ4n) is 5.03. The molecule has 0 radical (unpaired) electrons. The lowest BCUT2D eigenvalue weighted by molar-refractivity contribution is 0.330. The van der Waals surface area contributed by atoms with Crippen LogP contribution in [0.3, 0.4) is 0 Å².